The predicted molar refractivity (Wildman–Crippen MR) is 109 cm³/mol. The van der Waals surface area contributed by atoms with Gasteiger partial charge >= 0.3 is 18.0 Å². The third-order valence-electron chi connectivity index (χ3n) is 4.01. The molecule has 2 aromatic rings. The Morgan fingerprint density at radius 2 is 1.73 bits per heavy atom. The number of carbonyl (C=O) groups excluding carboxylic acids is 3. The molecule has 2 rings (SSSR count). The molecule has 1 heterocycles. The first-order valence-corrected chi connectivity index (χ1v) is 9.33. The lowest BCUT2D eigenvalue weighted by atomic mass is 10.1. The number of amides is 1. The van der Waals surface area contributed by atoms with Gasteiger partial charge in [-0.25, -0.2) is 14.4 Å². The highest BCUT2D eigenvalue weighted by molar-refractivity contribution is 5.89. The molecule has 0 N–H and O–H groups in total. The van der Waals surface area contributed by atoms with E-state index in [0.29, 0.717) is 0 Å². The van der Waals surface area contributed by atoms with Crippen molar-refractivity contribution >= 4 is 18.0 Å². The van der Waals surface area contributed by atoms with E-state index in [1.165, 1.54) is 32.5 Å². The van der Waals surface area contributed by atoms with Crippen LogP contribution >= 0.6 is 0 Å². The van der Waals surface area contributed by atoms with Crippen LogP contribution in [0.4, 0.5) is 4.79 Å². The van der Waals surface area contributed by atoms with E-state index in [1.54, 1.807) is 20.8 Å². The fraction of sp³-hybridized carbons (Fsp3) is 0.364. The number of carbonyl (C=O) groups is 3. The first kappa shape index (κ1) is 22.9. The molecule has 1 aromatic carbocycles. The monoisotopic (exact) mass is 414 g/mol. The van der Waals surface area contributed by atoms with Crippen LogP contribution in [0.15, 0.2) is 48.7 Å². The van der Waals surface area contributed by atoms with E-state index in [-0.39, 0.29) is 17.9 Å². The van der Waals surface area contributed by atoms with E-state index in [9.17, 15) is 14.4 Å². The second kappa shape index (κ2) is 9.87. The van der Waals surface area contributed by atoms with Gasteiger partial charge in [0.25, 0.3) is 0 Å². The summed E-state index contributed by atoms with van der Waals surface area (Å²) in [7, 11) is 2.63. The topological polar surface area (TPSA) is 95.0 Å². The zero-order valence-electron chi connectivity index (χ0n) is 17.7. The van der Waals surface area contributed by atoms with Crippen molar-refractivity contribution in [2.75, 3.05) is 14.2 Å². The van der Waals surface area contributed by atoms with Crippen LogP contribution in [0.5, 0.6) is 0 Å². The van der Waals surface area contributed by atoms with Gasteiger partial charge < -0.3 is 14.2 Å². The van der Waals surface area contributed by atoms with Crippen LogP contribution in [-0.4, -0.2) is 47.7 Å². The number of pyridine rings is 1. The Morgan fingerprint density at radius 3 is 2.27 bits per heavy atom. The van der Waals surface area contributed by atoms with Gasteiger partial charge in [-0.1, -0.05) is 30.3 Å². The van der Waals surface area contributed by atoms with Gasteiger partial charge in [0.15, 0.2) is 6.04 Å². The molecule has 1 aromatic heterocycles. The summed E-state index contributed by atoms with van der Waals surface area (Å²) in [6.07, 6.45) is 0.579. The Bertz CT molecular complexity index is 875. The average Bonchev–Trinajstić information content (AvgIpc) is 2.71. The molecule has 8 heteroatoms. The molecule has 0 bridgehead atoms. The van der Waals surface area contributed by atoms with Crippen molar-refractivity contribution in [3.8, 4) is 0 Å². The molecule has 0 fully saturated rings. The maximum absolute atomic E-state index is 12.5. The Balaban J connectivity index is 2.15. The summed E-state index contributed by atoms with van der Waals surface area (Å²) in [5.41, 5.74) is 0.626. The second-order valence-corrected chi connectivity index (χ2v) is 7.55. The van der Waals surface area contributed by atoms with E-state index in [2.05, 4.69) is 4.98 Å². The van der Waals surface area contributed by atoms with E-state index in [0.717, 1.165) is 10.5 Å². The standard InChI is InChI=1S/C22H26N2O6/c1-22(2,3)30-19(25)16-11-12-17(23-13-16)18(20(26)28-5)24(4)21(27)29-14-15-9-7-6-8-10-15/h6-13,18H,14H2,1-5H3. The minimum atomic E-state index is -1.13. The molecule has 0 saturated heterocycles. The molecule has 8 nitrogen and oxygen atoms in total. The SMILES string of the molecule is COC(=O)C(c1ccc(C(=O)OC(C)(C)C)cn1)N(C)C(=O)OCc1ccccc1. The van der Waals surface area contributed by atoms with Crippen molar-refractivity contribution in [1.82, 2.24) is 9.88 Å². The van der Waals surface area contributed by atoms with Crippen molar-refractivity contribution in [3.05, 3.63) is 65.5 Å². The third-order valence-corrected chi connectivity index (χ3v) is 4.01. The number of hydrogen-bond acceptors (Lipinski definition) is 7. The Morgan fingerprint density at radius 1 is 1.07 bits per heavy atom. The number of nitrogens with zero attached hydrogens (tertiary/aromatic N) is 2. The zero-order valence-corrected chi connectivity index (χ0v) is 17.7. The summed E-state index contributed by atoms with van der Waals surface area (Å²) < 4.78 is 15.4. The molecule has 0 aliphatic heterocycles. The summed E-state index contributed by atoms with van der Waals surface area (Å²) in [5, 5.41) is 0. The van der Waals surface area contributed by atoms with Gasteiger partial charge in [0.2, 0.25) is 0 Å². The van der Waals surface area contributed by atoms with Crippen molar-refractivity contribution in [2.45, 2.75) is 39.0 Å². The van der Waals surface area contributed by atoms with Gasteiger partial charge in [0, 0.05) is 13.2 Å². The van der Waals surface area contributed by atoms with Gasteiger partial charge in [0.05, 0.1) is 18.4 Å². The molecular weight excluding hydrogens is 388 g/mol. The zero-order chi connectivity index (χ0) is 22.3. The molecular formula is C22H26N2O6. The summed E-state index contributed by atoms with van der Waals surface area (Å²) >= 11 is 0. The van der Waals surface area contributed by atoms with Crippen molar-refractivity contribution in [3.63, 3.8) is 0 Å². The summed E-state index contributed by atoms with van der Waals surface area (Å²) in [5.74, 6) is -1.22. The van der Waals surface area contributed by atoms with E-state index < -0.39 is 29.7 Å². The Labute approximate surface area is 175 Å². The summed E-state index contributed by atoms with van der Waals surface area (Å²) in [4.78, 5) is 42.2. The smallest absolute Gasteiger partial charge is 0.410 e. The van der Waals surface area contributed by atoms with Gasteiger partial charge in [-0.15, -0.1) is 0 Å². The Hall–Kier alpha value is -3.42. The lowest BCUT2D eigenvalue weighted by molar-refractivity contribution is -0.146. The van der Waals surface area contributed by atoms with Gasteiger partial charge in [-0.3, -0.25) is 9.88 Å². The maximum atomic E-state index is 12.5. The highest BCUT2D eigenvalue weighted by atomic mass is 16.6. The first-order chi connectivity index (χ1) is 14.1. The second-order valence-electron chi connectivity index (χ2n) is 7.55. The molecule has 160 valence electrons. The minimum absolute atomic E-state index is 0.0584. The van der Waals surface area contributed by atoms with Crippen LogP contribution < -0.4 is 0 Å². The number of benzene rings is 1. The number of ether oxygens (including phenoxy) is 3. The number of esters is 2. The quantitative estimate of drug-likeness (QED) is 0.527. The number of hydrogen-bond donors (Lipinski definition) is 0. The van der Waals surface area contributed by atoms with Crippen molar-refractivity contribution < 1.29 is 28.6 Å². The van der Waals surface area contributed by atoms with Gasteiger partial charge in [-0.05, 0) is 38.5 Å². The molecule has 0 aliphatic carbocycles. The highest BCUT2D eigenvalue weighted by Gasteiger charge is 2.32. The van der Waals surface area contributed by atoms with Crippen LogP contribution in [0.3, 0.4) is 0 Å². The van der Waals surface area contributed by atoms with E-state index in [1.807, 2.05) is 30.3 Å². The predicted octanol–water partition coefficient (Wildman–Crippen LogP) is 3.52. The average molecular weight is 414 g/mol. The lowest BCUT2D eigenvalue weighted by Crippen LogP contribution is -2.37. The van der Waals surface area contributed by atoms with Crippen molar-refractivity contribution in [2.24, 2.45) is 0 Å². The van der Waals surface area contributed by atoms with Crippen LogP contribution in [0.25, 0.3) is 0 Å². The highest BCUT2D eigenvalue weighted by Crippen LogP contribution is 2.21. The third kappa shape index (κ3) is 6.30. The fourth-order valence-corrected chi connectivity index (χ4v) is 2.54. The van der Waals surface area contributed by atoms with Crippen LogP contribution in [0.1, 0.15) is 48.4 Å². The molecule has 1 unspecified atom stereocenters. The van der Waals surface area contributed by atoms with Crippen molar-refractivity contribution in [1.29, 1.82) is 0 Å². The Kier molecular flexibility index (Phi) is 7.52. The van der Waals surface area contributed by atoms with Gasteiger partial charge in [-0.2, -0.15) is 0 Å². The van der Waals surface area contributed by atoms with Crippen LogP contribution in [0, 0.1) is 0 Å². The molecule has 1 amide bonds. The largest absolute Gasteiger partial charge is 0.467 e. The minimum Gasteiger partial charge on any atom is -0.467 e. The molecule has 0 saturated carbocycles. The number of methoxy groups -OCH3 is 1. The van der Waals surface area contributed by atoms with E-state index >= 15 is 0 Å². The molecule has 0 spiro atoms. The number of aromatic nitrogens is 1. The normalized spacial score (nSPS) is 11.9. The lowest BCUT2D eigenvalue weighted by Gasteiger charge is -2.25. The maximum Gasteiger partial charge on any atom is 0.410 e. The summed E-state index contributed by atoms with van der Waals surface area (Å²) in [6, 6.07) is 11.0. The molecule has 30 heavy (non-hydrogen) atoms. The number of likely N-dealkylation sites (N-methyl/N-ethyl adjacent to an activating group) is 1. The fourth-order valence-electron chi connectivity index (χ4n) is 2.54. The molecule has 0 radical (unpaired) electrons. The van der Waals surface area contributed by atoms with Crippen LogP contribution in [0.2, 0.25) is 0 Å². The molecule has 1 atom stereocenters. The number of rotatable bonds is 6. The molecule has 0 aliphatic rings. The summed E-state index contributed by atoms with van der Waals surface area (Å²) in [6.45, 7) is 5.34. The van der Waals surface area contributed by atoms with Crippen LogP contribution in [-0.2, 0) is 25.6 Å². The first-order valence-electron chi connectivity index (χ1n) is 9.33. The van der Waals surface area contributed by atoms with E-state index in [4.69, 9.17) is 14.2 Å². The van der Waals surface area contributed by atoms with Gasteiger partial charge in [0.1, 0.15) is 12.2 Å².